The Bertz CT molecular complexity index is 1540. The lowest BCUT2D eigenvalue weighted by Gasteiger charge is -2.39. The Morgan fingerprint density at radius 1 is 1.00 bits per heavy atom. The van der Waals surface area contributed by atoms with E-state index in [1.54, 1.807) is 43.5 Å². The largest absolute Gasteiger partial charge is 0.508 e. The number of thiophene rings is 1. The van der Waals surface area contributed by atoms with Crippen LogP contribution in [0.15, 0.2) is 66.7 Å². The van der Waals surface area contributed by atoms with E-state index in [0.29, 0.717) is 37.4 Å². The molecule has 3 aromatic carbocycles. The van der Waals surface area contributed by atoms with E-state index >= 15 is 0 Å². The number of rotatable bonds is 10. The van der Waals surface area contributed by atoms with Gasteiger partial charge in [0.2, 0.25) is 0 Å². The molecule has 0 amide bonds. The van der Waals surface area contributed by atoms with Crippen LogP contribution in [-0.4, -0.2) is 67.4 Å². The first-order valence-electron chi connectivity index (χ1n) is 12.8. The molecule has 0 atom stereocenters. The number of hydrogen-bond acceptors (Lipinski definition) is 8. The third kappa shape index (κ3) is 6.53. The molecule has 4 aromatic rings. The van der Waals surface area contributed by atoms with Gasteiger partial charge < -0.3 is 19.3 Å². The van der Waals surface area contributed by atoms with Crippen molar-refractivity contribution in [1.29, 1.82) is 0 Å². The summed E-state index contributed by atoms with van der Waals surface area (Å²) < 4.78 is 53.9. The van der Waals surface area contributed by atoms with Gasteiger partial charge >= 0.3 is 12.1 Å². The number of ketones is 1. The zero-order valence-electron chi connectivity index (χ0n) is 21.9. The van der Waals surface area contributed by atoms with Crippen molar-refractivity contribution in [2.45, 2.75) is 18.7 Å². The zero-order chi connectivity index (χ0) is 29.1. The fraction of sp³-hybridized carbons (Fsp3) is 0.267. The summed E-state index contributed by atoms with van der Waals surface area (Å²) in [5.41, 5.74) is 1.36. The number of phenolic OH excluding ortho intramolecular Hbond substituents is 1. The highest BCUT2D eigenvalue weighted by molar-refractivity contribution is 7.22. The van der Waals surface area contributed by atoms with Crippen LogP contribution in [-0.2, 0) is 9.53 Å². The molecule has 1 N–H and O–H groups in total. The summed E-state index contributed by atoms with van der Waals surface area (Å²) in [6, 6.07) is 17.0. The quantitative estimate of drug-likeness (QED) is 0.105. The van der Waals surface area contributed by atoms with Crippen molar-refractivity contribution in [2.24, 2.45) is 0 Å². The maximum Gasteiger partial charge on any atom is 0.491 e. The van der Waals surface area contributed by atoms with Crippen LogP contribution in [0.3, 0.4) is 0 Å². The summed E-state index contributed by atoms with van der Waals surface area (Å²) in [6.45, 7) is 3.34. The SMILES string of the molecule is COCCCN1CC(Oc2ccc(C(=O)c3c(-c4ccc(OC(=O)C(F)(F)F)cc4)sc4cc(O)ccc34)cc2)C1. The van der Waals surface area contributed by atoms with Gasteiger partial charge in [0.05, 0.1) is 0 Å². The molecule has 7 nitrogen and oxygen atoms in total. The maximum absolute atomic E-state index is 13.8. The highest BCUT2D eigenvalue weighted by Gasteiger charge is 2.41. The summed E-state index contributed by atoms with van der Waals surface area (Å²) in [5.74, 6) is -2.16. The van der Waals surface area contributed by atoms with E-state index in [1.807, 2.05) is 0 Å². The number of phenols is 1. The van der Waals surface area contributed by atoms with Crippen LogP contribution in [0, 0.1) is 0 Å². The van der Waals surface area contributed by atoms with Crippen molar-refractivity contribution in [3.8, 4) is 27.7 Å². The number of carbonyl (C=O) groups excluding carboxylic acids is 2. The van der Waals surface area contributed by atoms with Crippen LogP contribution >= 0.6 is 11.3 Å². The van der Waals surface area contributed by atoms with Gasteiger partial charge in [-0.2, -0.15) is 13.2 Å². The average Bonchev–Trinajstić information content (AvgIpc) is 3.30. The minimum atomic E-state index is -5.12. The second kappa shape index (κ2) is 11.9. The molecule has 41 heavy (non-hydrogen) atoms. The Hall–Kier alpha value is -3.93. The number of hydrogen-bond donors (Lipinski definition) is 1. The molecule has 1 aliphatic rings. The normalized spacial score (nSPS) is 14.1. The number of alkyl halides is 3. The monoisotopic (exact) mass is 585 g/mol. The van der Waals surface area contributed by atoms with Crippen molar-refractivity contribution < 1.29 is 42.1 Å². The topological polar surface area (TPSA) is 85.3 Å². The lowest BCUT2D eigenvalue weighted by Crippen LogP contribution is -2.53. The highest BCUT2D eigenvalue weighted by atomic mass is 32.1. The molecular formula is C30H26F3NO6S. The summed E-state index contributed by atoms with van der Waals surface area (Å²) in [4.78, 5) is 27.8. The number of aromatic hydroxyl groups is 1. The minimum absolute atomic E-state index is 0.0356. The molecule has 1 saturated heterocycles. The van der Waals surface area contributed by atoms with Gasteiger partial charge in [-0.15, -0.1) is 11.3 Å². The van der Waals surface area contributed by atoms with Crippen molar-refractivity contribution in [3.63, 3.8) is 0 Å². The van der Waals surface area contributed by atoms with E-state index in [4.69, 9.17) is 9.47 Å². The van der Waals surface area contributed by atoms with Gasteiger partial charge in [-0.25, -0.2) is 4.79 Å². The van der Waals surface area contributed by atoms with Gasteiger partial charge in [0, 0.05) is 59.4 Å². The van der Waals surface area contributed by atoms with E-state index < -0.39 is 12.1 Å². The summed E-state index contributed by atoms with van der Waals surface area (Å²) in [7, 11) is 1.69. The van der Waals surface area contributed by atoms with Crippen molar-refractivity contribution in [1.82, 2.24) is 4.90 Å². The molecule has 0 aliphatic carbocycles. The predicted molar refractivity (Wildman–Crippen MR) is 148 cm³/mol. The number of likely N-dealkylation sites (tertiary alicyclic amines) is 1. The maximum atomic E-state index is 13.8. The van der Waals surface area contributed by atoms with Crippen LogP contribution in [0.1, 0.15) is 22.3 Å². The fourth-order valence-corrected chi connectivity index (χ4v) is 5.83. The molecular weight excluding hydrogens is 559 g/mol. The van der Waals surface area contributed by atoms with Crippen LogP contribution in [0.2, 0.25) is 0 Å². The Labute approximate surface area is 237 Å². The number of halogens is 3. The van der Waals surface area contributed by atoms with Crippen LogP contribution < -0.4 is 9.47 Å². The molecule has 0 radical (unpaired) electrons. The first-order chi connectivity index (χ1) is 19.6. The number of benzene rings is 3. The Balaban J connectivity index is 1.35. The lowest BCUT2D eigenvalue weighted by molar-refractivity contribution is -0.189. The number of nitrogens with zero attached hydrogens (tertiary/aromatic N) is 1. The predicted octanol–water partition coefficient (Wildman–Crippen LogP) is 6.07. The fourth-order valence-electron chi connectivity index (χ4n) is 4.59. The van der Waals surface area contributed by atoms with E-state index in [1.165, 1.54) is 41.7 Å². The van der Waals surface area contributed by atoms with Crippen LogP contribution in [0.25, 0.3) is 20.5 Å². The van der Waals surface area contributed by atoms with Crippen LogP contribution in [0.5, 0.6) is 17.2 Å². The molecule has 0 bridgehead atoms. The number of carbonyl (C=O) groups is 2. The molecule has 0 spiro atoms. The Kier molecular flexibility index (Phi) is 8.30. The van der Waals surface area contributed by atoms with Gasteiger partial charge in [0.1, 0.15) is 23.4 Å². The second-order valence-electron chi connectivity index (χ2n) is 9.60. The zero-order valence-corrected chi connectivity index (χ0v) is 22.8. The number of esters is 1. The second-order valence-corrected chi connectivity index (χ2v) is 10.6. The summed E-state index contributed by atoms with van der Waals surface area (Å²) in [5, 5.41) is 10.6. The molecule has 2 heterocycles. The highest BCUT2D eigenvalue weighted by Crippen LogP contribution is 2.41. The molecule has 214 valence electrons. The molecule has 5 rings (SSSR count). The average molecular weight is 586 g/mol. The summed E-state index contributed by atoms with van der Waals surface area (Å²) in [6.07, 6.45) is -4.07. The van der Waals surface area contributed by atoms with Gasteiger partial charge in [-0.1, -0.05) is 0 Å². The number of fused-ring (bicyclic) bond motifs is 1. The molecule has 0 unspecified atom stereocenters. The number of methoxy groups -OCH3 is 1. The molecule has 0 saturated carbocycles. The summed E-state index contributed by atoms with van der Waals surface area (Å²) >= 11 is 1.26. The molecule has 1 aromatic heterocycles. The standard InChI is InChI=1S/C30H26F3NO6S/c1-38-14-2-13-34-16-23(17-34)39-21-8-3-18(4-9-21)27(36)26-24-12-7-20(35)15-25(24)41-28(26)19-5-10-22(11-6-19)40-29(37)30(31,32)33/h3-12,15,23,35H,2,13-14,16-17H2,1H3. The first kappa shape index (κ1) is 28.6. The number of ether oxygens (including phenoxy) is 3. The van der Waals surface area contributed by atoms with Crippen LogP contribution in [0.4, 0.5) is 13.2 Å². The third-order valence-electron chi connectivity index (χ3n) is 6.62. The minimum Gasteiger partial charge on any atom is -0.508 e. The Morgan fingerprint density at radius 3 is 2.34 bits per heavy atom. The Morgan fingerprint density at radius 2 is 1.68 bits per heavy atom. The van der Waals surface area contributed by atoms with Gasteiger partial charge in [-0.3, -0.25) is 9.69 Å². The van der Waals surface area contributed by atoms with E-state index in [9.17, 15) is 27.9 Å². The van der Waals surface area contributed by atoms with Gasteiger partial charge in [0.15, 0.2) is 5.78 Å². The van der Waals surface area contributed by atoms with Gasteiger partial charge in [0.25, 0.3) is 0 Å². The molecule has 1 fully saturated rings. The third-order valence-corrected chi connectivity index (χ3v) is 7.83. The van der Waals surface area contributed by atoms with E-state index in [2.05, 4.69) is 9.64 Å². The van der Waals surface area contributed by atoms with E-state index in [-0.39, 0.29) is 23.4 Å². The smallest absolute Gasteiger partial charge is 0.491 e. The first-order valence-corrected chi connectivity index (χ1v) is 13.6. The lowest BCUT2D eigenvalue weighted by atomic mass is 9.97. The van der Waals surface area contributed by atoms with Crippen molar-refractivity contribution in [2.75, 3.05) is 33.4 Å². The van der Waals surface area contributed by atoms with Gasteiger partial charge in [-0.05, 0) is 78.7 Å². The molecule has 11 heteroatoms. The van der Waals surface area contributed by atoms with E-state index in [0.717, 1.165) is 32.7 Å². The molecule has 1 aliphatic heterocycles. The van der Waals surface area contributed by atoms with Crippen molar-refractivity contribution >= 4 is 33.2 Å². The van der Waals surface area contributed by atoms with Crippen molar-refractivity contribution in [3.05, 3.63) is 77.9 Å².